The molecule has 0 saturated carbocycles. The van der Waals surface area contributed by atoms with E-state index in [9.17, 15) is 9.59 Å². The fourth-order valence-electron chi connectivity index (χ4n) is 2.44. The lowest BCUT2D eigenvalue weighted by atomic mass is 9.98. The van der Waals surface area contributed by atoms with E-state index < -0.39 is 5.97 Å². The van der Waals surface area contributed by atoms with Crippen LogP contribution in [0.2, 0.25) is 0 Å². The van der Waals surface area contributed by atoms with Crippen molar-refractivity contribution in [3.05, 3.63) is 0 Å². The van der Waals surface area contributed by atoms with E-state index >= 15 is 0 Å². The zero-order valence-corrected chi connectivity index (χ0v) is 12.5. The summed E-state index contributed by atoms with van der Waals surface area (Å²) in [5, 5.41) is 11.7. The Morgan fingerprint density at radius 1 is 1.47 bits per heavy atom. The number of piperidine rings is 1. The molecule has 19 heavy (non-hydrogen) atoms. The van der Waals surface area contributed by atoms with E-state index in [1.54, 1.807) is 11.8 Å². The molecule has 2 amide bonds. The monoisotopic (exact) mass is 288 g/mol. The number of hydrogen-bond acceptors (Lipinski definition) is 3. The Hall–Kier alpha value is -0.910. The van der Waals surface area contributed by atoms with Crippen LogP contribution in [0.3, 0.4) is 0 Å². The summed E-state index contributed by atoms with van der Waals surface area (Å²) in [4.78, 5) is 24.7. The Morgan fingerprint density at radius 2 is 2.21 bits per heavy atom. The summed E-state index contributed by atoms with van der Waals surface area (Å²) in [5.74, 6) is 0.0982. The standard InChI is InChI=1S/C13H24N2O3S/c1-10(9-19-2)14-13(18)15-8-4-3-5-11(15)6-7-12(16)17/h10-11H,3-9H2,1-2H3,(H,14,18)(H,16,17). The molecule has 1 rings (SSSR count). The van der Waals surface area contributed by atoms with E-state index in [0.717, 1.165) is 31.6 Å². The number of carboxylic acids is 1. The molecule has 110 valence electrons. The van der Waals surface area contributed by atoms with Gasteiger partial charge in [-0.1, -0.05) is 0 Å². The van der Waals surface area contributed by atoms with Gasteiger partial charge in [0.05, 0.1) is 0 Å². The van der Waals surface area contributed by atoms with Gasteiger partial charge in [0.25, 0.3) is 0 Å². The first-order valence-corrected chi connectivity index (χ1v) is 8.21. The van der Waals surface area contributed by atoms with Crippen molar-refractivity contribution in [1.29, 1.82) is 0 Å². The van der Waals surface area contributed by atoms with Gasteiger partial charge in [-0.15, -0.1) is 0 Å². The number of carbonyl (C=O) groups is 2. The summed E-state index contributed by atoms with van der Waals surface area (Å²) < 4.78 is 0. The maximum Gasteiger partial charge on any atom is 0.317 e. The first-order chi connectivity index (χ1) is 9.04. The lowest BCUT2D eigenvalue weighted by Gasteiger charge is -2.36. The van der Waals surface area contributed by atoms with Crippen molar-refractivity contribution in [3.63, 3.8) is 0 Å². The van der Waals surface area contributed by atoms with Gasteiger partial charge in [0.1, 0.15) is 0 Å². The van der Waals surface area contributed by atoms with Crippen LogP contribution in [0, 0.1) is 0 Å². The van der Waals surface area contributed by atoms with Gasteiger partial charge in [0.2, 0.25) is 0 Å². The molecule has 1 saturated heterocycles. The highest BCUT2D eigenvalue weighted by Crippen LogP contribution is 2.21. The number of nitrogens with zero attached hydrogens (tertiary/aromatic N) is 1. The highest BCUT2D eigenvalue weighted by Gasteiger charge is 2.27. The highest BCUT2D eigenvalue weighted by molar-refractivity contribution is 7.98. The van der Waals surface area contributed by atoms with Crippen molar-refractivity contribution < 1.29 is 14.7 Å². The maximum atomic E-state index is 12.2. The molecular weight excluding hydrogens is 264 g/mol. The van der Waals surface area contributed by atoms with Gasteiger partial charge in [-0.05, 0) is 38.9 Å². The summed E-state index contributed by atoms with van der Waals surface area (Å²) >= 11 is 1.70. The SMILES string of the molecule is CSCC(C)NC(=O)N1CCCCC1CCC(=O)O. The number of urea groups is 1. The van der Waals surface area contributed by atoms with E-state index in [1.165, 1.54) is 0 Å². The van der Waals surface area contributed by atoms with E-state index in [1.807, 2.05) is 18.1 Å². The third-order valence-electron chi connectivity index (χ3n) is 3.37. The van der Waals surface area contributed by atoms with Crippen LogP contribution in [0.15, 0.2) is 0 Å². The van der Waals surface area contributed by atoms with Crippen LogP contribution in [0.4, 0.5) is 4.79 Å². The van der Waals surface area contributed by atoms with Gasteiger partial charge in [-0.25, -0.2) is 4.79 Å². The summed E-state index contributed by atoms with van der Waals surface area (Å²) in [6.07, 6.45) is 5.70. The maximum absolute atomic E-state index is 12.2. The molecule has 0 aromatic rings. The Bertz CT molecular complexity index is 312. The van der Waals surface area contributed by atoms with Crippen LogP contribution in [0.1, 0.15) is 39.0 Å². The molecule has 0 spiro atoms. The van der Waals surface area contributed by atoms with Crippen LogP contribution in [-0.4, -0.2) is 52.6 Å². The number of carbonyl (C=O) groups excluding carboxylic acids is 1. The Labute approximate surface area is 119 Å². The molecule has 1 fully saturated rings. The molecule has 2 N–H and O–H groups in total. The Morgan fingerprint density at radius 3 is 2.84 bits per heavy atom. The molecule has 1 aliphatic rings. The summed E-state index contributed by atoms with van der Waals surface area (Å²) in [7, 11) is 0. The molecule has 0 aromatic carbocycles. The van der Waals surface area contributed by atoms with Gasteiger partial charge in [0.15, 0.2) is 0 Å². The van der Waals surface area contributed by atoms with Crippen LogP contribution in [-0.2, 0) is 4.79 Å². The van der Waals surface area contributed by atoms with Crippen LogP contribution in [0.5, 0.6) is 0 Å². The second kappa shape index (κ2) is 8.30. The van der Waals surface area contributed by atoms with E-state index in [0.29, 0.717) is 6.42 Å². The van der Waals surface area contributed by atoms with Crippen molar-refractivity contribution >= 4 is 23.8 Å². The molecule has 0 aliphatic carbocycles. The fraction of sp³-hybridized carbons (Fsp3) is 0.846. The minimum Gasteiger partial charge on any atom is -0.481 e. The number of carboxylic acid groups (broad SMARTS) is 1. The molecule has 1 aliphatic heterocycles. The fourth-order valence-corrected chi connectivity index (χ4v) is 3.03. The van der Waals surface area contributed by atoms with Crippen molar-refractivity contribution in [2.45, 2.75) is 51.1 Å². The summed E-state index contributed by atoms with van der Waals surface area (Å²) in [6, 6.07) is 0.174. The molecular formula is C13H24N2O3S. The number of amides is 2. The lowest BCUT2D eigenvalue weighted by Crippen LogP contribution is -2.51. The zero-order valence-electron chi connectivity index (χ0n) is 11.7. The number of thioether (sulfide) groups is 1. The topological polar surface area (TPSA) is 69.6 Å². The third-order valence-corrected chi connectivity index (χ3v) is 4.20. The number of likely N-dealkylation sites (tertiary alicyclic amines) is 1. The van der Waals surface area contributed by atoms with Crippen LogP contribution in [0.25, 0.3) is 0 Å². The molecule has 0 aromatic heterocycles. The summed E-state index contributed by atoms with van der Waals surface area (Å²) in [5.41, 5.74) is 0. The number of hydrogen-bond donors (Lipinski definition) is 2. The van der Waals surface area contributed by atoms with Gasteiger partial charge >= 0.3 is 12.0 Å². The molecule has 0 bridgehead atoms. The average Bonchev–Trinajstić information content (AvgIpc) is 2.36. The summed E-state index contributed by atoms with van der Waals surface area (Å²) in [6.45, 7) is 2.73. The van der Waals surface area contributed by atoms with E-state index in [4.69, 9.17) is 5.11 Å². The van der Waals surface area contributed by atoms with E-state index in [-0.39, 0.29) is 24.5 Å². The molecule has 5 nitrogen and oxygen atoms in total. The van der Waals surface area contributed by atoms with Crippen molar-refractivity contribution in [1.82, 2.24) is 10.2 Å². The third kappa shape index (κ3) is 5.72. The van der Waals surface area contributed by atoms with Gasteiger partial charge in [0, 0.05) is 30.8 Å². The highest BCUT2D eigenvalue weighted by atomic mass is 32.2. The molecule has 6 heteroatoms. The molecule has 1 heterocycles. The predicted molar refractivity (Wildman–Crippen MR) is 77.6 cm³/mol. The molecule has 2 atom stereocenters. The number of nitrogens with one attached hydrogen (secondary N) is 1. The quantitative estimate of drug-likeness (QED) is 0.786. The van der Waals surface area contributed by atoms with E-state index in [2.05, 4.69) is 5.32 Å². The largest absolute Gasteiger partial charge is 0.481 e. The second-order valence-corrected chi connectivity index (χ2v) is 5.99. The molecule has 2 unspecified atom stereocenters. The normalized spacial score (nSPS) is 20.9. The number of rotatable bonds is 6. The first-order valence-electron chi connectivity index (χ1n) is 6.82. The molecule has 0 radical (unpaired) electrons. The lowest BCUT2D eigenvalue weighted by molar-refractivity contribution is -0.137. The van der Waals surface area contributed by atoms with Crippen molar-refractivity contribution in [2.75, 3.05) is 18.6 Å². The van der Waals surface area contributed by atoms with Crippen LogP contribution < -0.4 is 5.32 Å². The Kier molecular flexibility index (Phi) is 7.05. The average molecular weight is 288 g/mol. The number of aliphatic carboxylic acids is 1. The first kappa shape index (κ1) is 16.1. The minimum absolute atomic E-state index is 0.0448. The van der Waals surface area contributed by atoms with Crippen LogP contribution >= 0.6 is 11.8 Å². The van der Waals surface area contributed by atoms with Crippen molar-refractivity contribution in [3.8, 4) is 0 Å². The minimum atomic E-state index is -0.790. The smallest absolute Gasteiger partial charge is 0.317 e. The Balaban J connectivity index is 2.50. The van der Waals surface area contributed by atoms with Gasteiger partial charge in [-0.3, -0.25) is 4.79 Å². The van der Waals surface area contributed by atoms with Crippen molar-refractivity contribution in [2.24, 2.45) is 0 Å². The predicted octanol–water partition coefficient (Wildman–Crippen LogP) is 2.17. The van der Waals surface area contributed by atoms with Gasteiger partial charge < -0.3 is 15.3 Å². The van der Waals surface area contributed by atoms with Gasteiger partial charge in [-0.2, -0.15) is 11.8 Å². The zero-order chi connectivity index (χ0) is 14.3. The second-order valence-electron chi connectivity index (χ2n) is 5.08.